The summed E-state index contributed by atoms with van der Waals surface area (Å²) in [5, 5.41) is 9.69. The van der Waals surface area contributed by atoms with Crippen molar-refractivity contribution < 1.29 is 9.59 Å². The maximum atomic E-state index is 13.6. The Morgan fingerprint density at radius 3 is 2.60 bits per heavy atom. The number of rotatable bonds is 5. The number of nitrogens with one attached hydrogen (secondary N) is 3. The van der Waals surface area contributed by atoms with E-state index in [9.17, 15) is 9.59 Å². The third kappa shape index (κ3) is 4.48. The predicted molar refractivity (Wildman–Crippen MR) is 162 cm³/mol. The van der Waals surface area contributed by atoms with Gasteiger partial charge >= 0.3 is 0 Å². The molecule has 1 fully saturated rings. The van der Waals surface area contributed by atoms with Gasteiger partial charge in [0.15, 0.2) is 0 Å². The summed E-state index contributed by atoms with van der Waals surface area (Å²) in [6.45, 7) is 8.51. The van der Waals surface area contributed by atoms with Crippen molar-refractivity contribution in [3.05, 3.63) is 80.8 Å². The molecule has 1 atom stereocenters. The van der Waals surface area contributed by atoms with Crippen LogP contribution in [0.4, 0.5) is 11.4 Å². The molecule has 0 spiro atoms. The van der Waals surface area contributed by atoms with Crippen LogP contribution in [0.15, 0.2) is 54.4 Å². The molecular formula is C31H36N6O2S. The highest BCUT2D eigenvalue weighted by Crippen LogP contribution is 2.40. The van der Waals surface area contributed by atoms with Crippen LogP contribution in [0.5, 0.6) is 0 Å². The molecule has 3 aliphatic rings. The van der Waals surface area contributed by atoms with E-state index in [1.807, 2.05) is 25.4 Å². The number of thiophene rings is 1. The number of nitrogens with zero attached hydrogens (tertiary/aromatic N) is 3. The molecule has 8 nitrogen and oxygen atoms in total. The normalized spacial score (nSPS) is 18.2. The van der Waals surface area contributed by atoms with E-state index < -0.39 is 0 Å². The lowest BCUT2D eigenvalue weighted by atomic mass is 9.93. The van der Waals surface area contributed by atoms with E-state index in [0.29, 0.717) is 5.70 Å². The van der Waals surface area contributed by atoms with Crippen molar-refractivity contribution in [1.29, 1.82) is 0 Å². The van der Waals surface area contributed by atoms with Crippen LogP contribution in [-0.2, 0) is 17.8 Å². The molecule has 1 unspecified atom stereocenters. The molecule has 0 aliphatic carbocycles. The zero-order valence-electron chi connectivity index (χ0n) is 23.5. The van der Waals surface area contributed by atoms with Crippen molar-refractivity contribution in [1.82, 2.24) is 20.9 Å². The van der Waals surface area contributed by atoms with Crippen LogP contribution in [0.25, 0.3) is 11.1 Å². The number of likely N-dealkylation sites (N-methyl/N-ethyl adjacent to an activating group) is 1. The predicted octanol–water partition coefficient (Wildman–Crippen LogP) is 3.59. The Morgan fingerprint density at radius 2 is 1.82 bits per heavy atom. The molecule has 0 saturated carbocycles. The summed E-state index contributed by atoms with van der Waals surface area (Å²) < 4.78 is 0. The molecule has 1 saturated heterocycles. The highest BCUT2D eigenvalue weighted by molar-refractivity contribution is 7.14. The van der Waals surface area contributed by atoms with Crippen LogP contribution in [0.3, 0.4) is 0 Å². The van der Waals surface area contributed by atoms with Crippen LogP contribution >= 0.6 is 11.3 Å². The minimum Gasteiger partial charge on any atom is -0.354 e. The number of fused-ring (bicyclic) bond motifs is 2. The van der Waals surface area contributed by atoms with Gasteiger partial charge in [-0.15, -0.1) is 11.3 Å². The average Bonchev–Trinajstić information content (AvgIpc) is 3.59. The van der Waals surface area contributed by atoms with Gasteiger partial charge in [0.1, 0.15) is 11.9 Å². The molecule has 3 aliphatic heterocycles. The van der Waals surface area contributed by atoms with E-state index in [0.717, 1.165) is 77.7 Å². The first-order valence-electron chi connectivity index (χ1n) is 13.9. The van der Waals surface area contributed by atoms with Crippen molar-refractivity contribution in [2.45, 2.75) is 33.0 Å². The van der Waals surface area contributed by atoms with Crippen molar-refractivity contribution in [2.24, 2.45) is 0 Å². The van der Waals surface area contributed by atoms with Gasteiger partial charge in [-0.2, -0.15) is 0 Å². The number of piperazine rings is 1. The highest BCUT2D eigenvalue weighted by atomic mass is 32.1. The second-order valence-electron chi connectivity index (χ2n) is 10.6. The van der Waals surface area contributed by atoms with Gasteiger partial charge in [-0.3, -0.25) is 9.59 Å². The third-order valence-electron chi connectivity index (χ3n) is 8.34. The zero-order valence-corrected chi connectivity index (χ0v) is 24.3. The summed E-state index contributed by atoms with van der Waals surface area (Å²) in [6.07, 6.45) is 3.00. The number of hydrogen-bond acceptors (Lipinski definition) is 7. The Kier molecular flexibility index (Phi) is 7.12. The molecule has 0 radical (unpaired) electrons. The fraction of sp³-hybridized carbons (Fsp3) is 0.355. The van der Waals surface area contributed by atoms with Crippen molar-refractivity contribution in [3.63, 3.8) is 0 Å². The zero-order chi connectivity index (χ0) is 28.0. The lowest BCUT2D eigenvalue weighted by Gasteiger charge is -2.38. The summed E-state index contributed by atoms with van der Waals surface area (Å²) in [6, 6.07) is 14.5. The molecule has 2 amide bonds. The molecule has 208 valence electrons. The SMILES string of the molecule is CNC(=O)C1=CN2CCNCC2N1c1cccc(-c2cccc(N(C)C(=O)c3cc4c(s3)CCNC4)c2C)c1C. The Hall–Kier alpha value is -3.66. The Morgan fingerprint density at radius 1 is 1.05 bits per heavy atom. The van der Waals surface area contributed by atoms with E-state index in [1.54, 1.807) is 23.3 Å². The van der Waals surface area contributed by atoms with Gasteiger partial charge in [-0.25, -0.2) is 0 Å². The minimum absolute atomic E-state index is 0.0208. The first-order chi connectivity index (χ1) is 19.4. The van der Waals surface area contributed by atoms with Gasteiger partial charge in [0.2, 0.25) is 0 Å². The van der Waals surface area contributed by atoms with Crippen LogP contribution in [0.2, 0.25) is 0 Å². The summed E-state index contributed by atoms with van der Waals surface area (Å²) in [5.74, 6) is -0.0732. The van der Waals surface area contributed by atoms with Crippen LogP contribution in [0, 0.1) is 13.8 Å². The van der Waals surface area contributed by atoms with E-state index in [1.165, 1.54) is 10.4 Å². The number of benzene rings is 2. The smallest absolute Gasteiger partial charge is 0.269 e. The van der Waals surface area contributed by atoms with Crippen molar-refractivity contribution in [3.8, 4) is 11.1 Å². The molecular weight excluding hydrogens is 520 g/mol. The number of carbonyl (C=O) groups is 2. The van der Waals surface area contributed by atoms with Gasteiger partial charge in [0.25, 0.3) is 11.8 Å². The Balaban J connectivity index is 1.35. The molecule has 4 heterocycles. The molecule has 6 rings (SSSR count). The summed E-state index contributed by atoms with van der Waals surface area (Å²) in [4.78, 5) is 34.8. The summed E-state index contributed by atoms with van der Waals surface area (Å²) in [5.41, 5.74) is 8.11. The van der Waals surface area contributed by atoms with Gasteiger partial charge in [0, 0.05) is 69.3 Å². The maximum Gasteiger partial charge on any atom is 0.269 e. The molecule has 40 heavy (non-hydrogen) atoms. The number of hydrogen-bond donors (Lipinski definition) is 3. The van der Waals surface area contributed by atoms with E-state index >= 15 is 0 Å². The fourth-order valence-electron chi connectivity index (χ4n) is 6.15. The first kappa shape index (κ1) is 26.6. The molecule has 0 bridgehead atoms. The van der Waals surface area contributed by atoms with Crippen LogP contribution in [-0.4, -0.2) is 63.2 Å². The second kappa shape index (κ2) is 10.7. The molecule has 1 aromatic heterocycles. The molecule has 9 heteroatoms. The lowest BCUT2D eigenvalue weighted by Crippen LogP contribution is -2.54. The lowest BCUT2D eigenvalue weighted by molar-refractivity contribution is -0.117. The Labute approximate surface area is 239 Å². The first-order valence-corrected chi connectivity index (χ1v) is 14.7. The standard InChI is InChI=1S/C31H36N6O2S/c1-19-22(7-5-9-24(19)35(4)31(39)28-15-21-16-33-12-11-27(21)40-28)23-8-6-10-25(20(23)2)37-26(30(38)32-3)18-36-14-13-34-17-29(36)37/h5-10,15,18,29,33-34H,11-14,16-17H2,1-4H3,(H,32,38). The second-order valence-corrected chi connectivity index (χ2v) is 11.8. The van der Waals surface area contributed by atoms with Gasteiger partial charge < -0.3 is 30.7 Å². The molecule has 3 N–H and O–H groups in total. The maximum absolute atomic E-state index is 13.6. The highest BCUT2D eigenvalue weighted by Gasteiger charge is 2.38. The van der Waals surface area contributed by atoms with Gasteiger partial charge in [-0.05, 0) is 66.3 Å². The monoisotopic (exact) mass is 556 g/mol. The Bertz CT molecular complexity index is 1490. The van der Waals surface area contributed by atoms with E-state index in [4.69, 9.17) is 0 Å². The quantitative estimate of drug-likeness (QED) is 0.446. The van der Waals surface area contributed by atoms with Crippen molar-refractivity contribution in [2.75, 3.05) is 50.1 Å². The van der Waals surface area contributed by atoms with E-state index in [-0.39, 0.29) is 18.0 Å². The van der Waals surface area contributed by atoms with Crippen LogP contribution in [0.1, 0.15) is 31.2 Å². The van der Waals surface area contributed by atoms with E-state index in [2.05, 4.69) is 69.9 Å². The third-order valence-corrected chi connectivity index (χ3v) is 9.56. The number of anilines is 2. The fourth-order valence-corrected chi connectivity index (χ4v) is 7.31. The van der Waals surface area contributed by atoms with Crippen LogP contribution < -0.4 is 25.8 Å². The topological polar surface area (TPSA) is 80.0 Å². The average molecular weight is 557 g/mol. The van der Waals surface area contributed by atoms with Gasteiger partial charge in [-0.1, -0.05) is 24.3 Å². The number of carbonyl (C=O) groups excluding carboxylic acids is 2. The van der Waals surface area contributed by atoms with Crippen molar-refractivity contribution >= 4 is 34.5 Å². The molecule has 3 aromatic rings. The summed E-state index contributed by atoms with van der Waals surface area (Å²) >= 11 is 1.62. The number of amides is 2. The largest absolute Gasteiger partial charge is 0.354 e. The van der Waals surface area contributed by atoms with Gasteiger partial charge in [0.05, 0.1) is 4.88 Å². The molecule has 2 aromatic carbocycles. The summed E-state index contributed by atoms with van der Waals surface area (Å²) in [7, 11) is 3.54. The minimum atomic E-state index is -0.0939.